The number of amides is 2. The van der Waals surface area contributed by atoms with Crippen molar-refractivity contribution in [1.29, 1.82) is 0 Å². The molecule has 4 aliphatic carbocycles. The molecule has 2 saturated heterocycles. The van der Waals surface area contributed by atoms with Crippen LogP contribution in [0, 0.1) is 35.5 Å². The van der Waals surface area contributed by atoms with Crippen molar-refractivity contribution in [3.8, 4) is 0 Å². The van der Waals surface area contributed by atoms with E-state index >= 15 is 0 Å². The van der Waals surface area contributed by atoms with Crippen molar-refractivity contribution in [2.75, 3.05) is 26.2 Å². The zero-order valence-electron chi connectivity index (χ0n) is 16.9. The minimum atomic E-state index is -0.000580. The molecule has 4 bridgehead atoms. The van der Waals surface area contributed by atoms with E-state index in [0.717, 1.165) is 63.7 Å². The van der Waals surface area contributed by atoms with Gasteiger partial charge in [0.25, 0.3) is 0 Å². The molecule has 2 amide bonds. The Labute approximate surface area is 175 Å². The second kappa shape index (κ2) is 8.51. The number of hydrogen-bond acceptors (Lipinski definition) is 3. The summed E-state index contributed by atoms with van der Waals surface area (Å²) in [4.78, 5) is 27.8. The predicted molar refractivity (Wildman–Crippen MR) is 111 cm³/mol. The van der Waals surface area contributed by atoms with Crippen LogP contribution in [0.5, 0.6) is 0 Å². The number of rotatable bonds is 4. The van der Waals surface area contributed by atoms with Crippen LogP contribution in [0.3, 0.4) is 0 Å². The third kappa shape index (κ3) is 3.94. The molecule has 0 spiro atoms. The Bertz CT molecular complexity index is 564. The van der Waals surface area contributed by atoms with Crippen molar-refractivity contribution in [3.63, 3.8) is 0 Å². The average Bonchev–Trinajstić information content (AvgIpc) is 3.20. The Morgan fingerprint density at radius 1 is 0.964 bits per heavy atom. The molecule has 2 atom stereocenters. The largest absolute Gasteiger partial charge is 0.354 e. The van der Waals surface area contributed by atoms with Crippen LogP contribution >= 0.6 is 12.4 Å². The number of likely N-dealkylation sites (tertiary alicyclic amines) is 1. The maximum Gasteiger partial charge on any atom is 0.237 e. The molecule has 0 aromatic rings. The highest BCUT2D eigenvalue weighted by atomic mass is 35.5. The summed E-state index contributed by atoms with van der Waals surface area (Å²) in [5, 5.41) is 6.41. The van der Waals surface area contributed by atoms with E-state index in [-0.39, 0.29) is 24.4 Å². The molecule has 28 heavy (non-hydrogen) atoms. The fraction of sp³-hybridized carbons (Fsp3) is 0.909. The lowest BCUT2D eigenvalue weighted by atomic mass is 9.51. The summed E-state index contributed by atoms with van der Waals surface area (Å²) in [6, 6.07) is -0.000580. The summed E-state index contributed by atoms with van der Waals surface area (Å²) in [6.45, 7) is 3.45. The zero-order chi connectivity index (χ0) is 18.4. The first kappa shape index (κ1) is 20.5. The van der Waals surface area contributed by atoms with Crippen LogP contribution in [-0.2, 0) is 9.59 Å². The van der Waals surface area contributed by atoms with Crippen LogP contribution in [-0.4, -0.2) is 48.9 Å². The van der Waals surface area contributed by atoms with Gasteiger partial charge in [-0.25, -0.2) is 0 Å². The summed E-state index contributed by atoms with van der Waals surface area (Å²) < 4.78 is 0. The number of carbonyl (C=O) groups excluding carboxylic acids is 2. The third-order valence-corrected chi connectivity index (χ3v) is 8.28. The van der Waals surface area contributed by atoms with Crippen molar-refractivity contribution in [3.05, 3.63) is 0 Å². The predicted octanol–water partition coefficient (Wildman–Crippen LogP) is 2.59. The molecule has 2 N–H and O–H groups in total. The Balaban J connectivity index is 0.00000192. The number of piperidine rings is 1. The summed E-state index contributed by atoms with van der Waals surface area (Å²) in [6.07, 6.45) is 10.9. The standard InChI is InChI=1S/C22H35N3O2.ClH/c26-21(19-4-1-5-23-19)24-12-14-3-2-6-25(13-14)22(27)20-17-8-15-7-16(10-17)11-18(20)9-15;/h14-20,23H,1-13H2,(H,24,26);1H. The van der Waals surface area contributed by atoms with Gasteiger partial charge in [-0.1, -0.05) is 0 Å². The number of halogens is 1. The fourth-order valence-corrected chi connectivity index (χ4v) is 7.25. The fourth-order valence-electron chi connectivity index (χ4n) is 7.25. The van der Waals surface area contributed by atoms with E-state index in [9.17, 15) is 9.59 Å². The summed E-state index contributed by atoms with van der Waals surface area (Å²) in [5.41, 5.74) is 0. The Hall–Kier alpha value is -0.810. The lowest BCUT2D eigenvalue weighted by molar-refractivity contribution is -0.150. The van der Waals surface area contributed by atoms with Gasteiger partial charge in [-0.15, -0.1) is 12.4 Å². The van der Waals surface area contributed by atoms with E-state index in [1.165, 1.54) is 32.1 Å². The van der Waals surface area contributed by atoms with Gasteiger partial charge < -0.3 is 15.5 Å². The van der Waals surface area contributed by atoms with E-state index in [2.05, 4.69) is 15.5 Å². The van der Waals surface area contributed by atoms with Gasteiger partial charge in [0.05, 0.1) is 6.04 Å². The molecule has 2 aliphatic heterocycles. The first-order chi connectivity index (χ1) is 13.2. The van der Waals surface area contributed by atoms with Crippen molar-refractivity contribution >= 4 is 24.2 Å². The average molecular weight is 410 g/mol. The number of nitrogens with zero attached hydrogens (tertiary/aromatic N) is 1. The normalized spacial score (nSPS) is 41.6. The SMILES string of the molecule is Cl.O=C(NCC1CCCN(C(=O)C2C3CC4CC(C3)CC2C4)C1)C1CCCN1. The summed E-state index contributed by atoms with van der Waals surface area (Å²) >= 11 is 0. The molecule has 158 valence electrons. The smallest absolute Gasteiger partial charge is 0.237 e. The van der Waals surface area contributed by atoms with Crippen molar-refractivity contribution in [1.82, 2.24) is 15.5 Å². The van der Waals surface area contributed by atoms with Gasteiger partial charge in [-0.05, 0) is 93.9 Å². The van der Waals surface area contributed by atoms with E-state index < -0.39 is 0 Å². The molecule has 6 heteroatoms. The number of carbonyl (C=O) groups is 2. The van der Waals surface area contributed by atoms with Gasteiger partial charge in [-0.2, -0.15) is 0 Å². The maximum atomic E-state index is 13.4. The number of nitrogens with one attached hydrogen (secondary N) is 2. The van der Waals surface area contributed by atoms with Crippen LogP contribution in [0.25, 0.3) is 0 Å². The van der Waals surface area contributed by atoms with Crippen molar-refractivity contribution in [2.45, 2.75) is 63.8 Å². The van der Waals surface area contributed by atoms with Crippen LogP contribution < -0.4 is 10.6 Å². The molecule has 6 fully saturated rings. The minimum absolute atomic E-state index is 0. The first-order valence-electron chi connectivity index (χ1n) is 11.5. The highest BCUT2D eigenvalue weighted by molar-refractivity contribution is 5.85. The van der Waals surface area contributed by atoms with Crippen LogP contribution in [0.15, 0.2) is 0 Å². The molecule has 0 aromatic carbocycles. The van der Waals surface area contributed by atoms with Gasteiger partial charge in [0.2, 0.25) is 11.8 Å². The number of hydrogen-bond donors (Lipinski definition) is 2. The van der Waals surface area contributed by atoms with Gasteiger partial charge >= 0.3 is 0 Å². The highest BCUT2D eigenvalue weighted by Gasteiger charge is 2.51. The Morgan fingerprint density at radius 2 is 1.68 bits per heavy atom. The molecule has 6 rings (SSSR count). The molecule has 0 radical (unpaired) electrons. The molecule has 2 unspecified atom stereocenters. The van der Waals surface area contributed by atoms with E-state index in [0.29, 0.717) is 29.6 Å². The van der Waals surface area contributed by atoms with Gasteiger partial charge in [0.15, 0.2) is 0 Å². The van der Waals surface area contributed by atoms with Crippen molar-refractivity contribution < 1.29 is 9.59 Å². The van der Waals surface area contributed by atoms with Gasteiger partial charge in [-0.3, -0.25) is 9.59 Å². The van der Waals surface area contributed by atoms with E-state index in [4.69, 9.17) is 0 Å². The molecule has 5 nitrogen and oxygen atoms in total. The highest BCUT2D eigenvalue weighted by Crippen LogP contribution is 2.57. The van der Waals surface area contributed by atoms with E-state index in [1.807, 2.05) is 0 Å². The van der Waals surface area contributed by atoms with Crippen LogP contribution in [0.1, 0.15) is 57.8 Å². The summed E-state index contributed by atoms with van der Waals surface area (Å²) in [7, 11) is 0. The topological polar surface area (TPSA) is 61.4 Å². The zero-order valence-corrected chi connectivity index (χ0v) is 17.7. The summed E-state index contributed by atoms with van der Waals surface area (Å²) in [5.74, 6) is 4.52. The van der Waals surface area contributed by atoms with Gasteiger partial charge in [0, 0.05) is 25.6 Å². The molecule has 2 heterocycles. The molecule has 4 saturated carbocycles. The van der Waals surface area contributed by atoms with Crippen molar-refractivity contribution in [2.24, 2.45) is 35.5 Å². The molecule has 0 aromatic heterocycles. The third-order valence-electron chi connectivity index (χ3n) is 8.28. The Morgan fingerprint density at radius 3 is 2.32 bits per heavy atom. The lowest BCUT2D eigenvalue weighted by Crippen LogP contribution is -2.54. The minimum Gasteiger partial charge on any atom is -0.354 e. The second-order valence-electron chi connectivity index (χ2n) is 10.1. The first-order valence-corrected chi connectivity index (χ1v) is 11.5. The lowest BCUT2D eigenvalue weighted by Gasteiger charge is -2.54. The Kier molecular flexibility index (Phi) is 6.22. The van der Waals surface area contributed by atoms with E-state index in [1.54, 1.807) is 0 Å². The second-order valence-corrected chi connectivity index (χ2v) is 10.1. The quantitative estimate of drug-likeness (QED) is 0.750. The monoisotopic (exact) mass is 409 g/mol. The molecular weight excluding hydrogens is 374 g/mol. The molecular formula is C22H36ClN3O2. The maximum absolute atomic E-state index is 13.4. The van der Waals surface area contributed by atoms with Crippen LogP contribution in [0.4, 0.5) is 0 Å². The van der Waals surface area contributed by atoms with Crippen LogP contribution in [0.2, 0.25) is 0 Å². The molecule has 6 aliphatic rings. The van der Waals surface area contributed by atoms with Gasteiger partial charge in [0.1, 0.15) is 0 Å².